The molecule has 3 nitrogen and oxygen atoms in total. The third-order valence-corrected chi connectivity index (χ3v) is 5.03. The van der Waals surface area contributed by atoms with Crippen molar-refractivity contribution in [3.63, 3.8) is 0 Å². The van der Waals surface area contributed by atoms with E-state index >= 15 is 0 Å². The number of ether oxygens (including phenoxy) is 1. The summed E-state index contributed by atoms with van der Waals surface area (Å²) >= 11 is 0. The van der Waals surface area contributed by atoms with Gasteiger partial charge in [0.15, 0.2) is 0 Å². The normalized spacial score (nSPS) is 32.6. The zero-order chi connectivity index (χ0) is 15.5. The van der Waals surface area contributed by atoms with E-state index in [0.717, 1.165) is 25.6 Å². The van der Waals surface area contributed by atoms with Gasteiger partial charge in [-0.1, -0.05) is 34.6 Å². The highest BCUT2D eigenvalue weighted by Crippen LogP contribution is 2.26. The molecule has 124 valence electrons. The minimum absolute atomic E-state index is 0.328. The van der Waals surface area contributed by atoms with Crippen molar-refractivity contribution in [3.8, 4) is 0 Å². The molecular weight excluding hydrogens is 260 g/mol. The minimum Gasteiger partial charge on any atom is -0.377 e. The molecule has 2 rings (SSSR count). The van der Waals surface area contributed by atoms with E-state index in [-0.39, 0.29) is 0 Å². The van der Waals surface area contributed by atoms with Gasteiger partial charge in [0.1, 0.15) is 0 Å². The lowest BCUT2D eigenvalue weighted by Crippen LogP contribution is -2.61. The maximum atomic E-state index is 5.99. The number of hydrogen-bond donors (Lipinski definition) is 1. The van der Waals surface area contributed by atoms with Crippen molar-refractivity contribution in [1.82, 2.24) is 10.2 Å². The lowest BCUT2D eigenvalue weighted by Gasteiger charge is -2.46. The quantitative estimate of drug-likeness (QED) is 0.861. The van der Waals surface area contributed by atoms with Crippen molar-refractivity contribution >= 4 is 0 Å². The van der Waals surface area contributed by atoms with Gasteiger partial charge in [0.2, 0.25) is 0 Å². The number of rotatable bonds is 4. The summed E-state index contributed by atoms with van der Waals surface area (Å²) < 4.78 is 5.99. The van der Waals surface area contributed by atoms with Crippen molar-refractivity contribution in [2.24, 2.45) is 11.3 Å². The molecular formula is C18H36N2O. The maximum Gasteiger partial charge on any atom is 0.0702 e. The Morgan fingerprint density at radius 2 is 2.00 bits per heavy atom. The van der Waals surface area contributed by atoms with Crippen LogP contribution in [0.15, 0.2) is 0 Å². The summed E-state index contributed by atoms with van der Waals surface area (Å²) in [5, 5.41) is 3.80. The molecule has 0 aliphatic carbocycles. The van der Waals surface area contributed by atoms with Gasteiger partial charge in [0.25, 0.3) is 0 Å². The van der Waals surface area contributed by atoms with Crippen molar-refractivity contribution < 1.29 is 4.74 Å². The molecule has 2 heterocycles. The van der Waals surface area contributed by atoms with Crippen LogP contribution in [0.1, 0.15) is 60.3 Å². The number of nitrogens with zero attached hydrogens (tertiary/aromatic N) is 1. The van der Waals surface area contributed by atoms with E-state index in [2.05, 4.69) is 44.8 Å². The second kappa shape index (κ2) is 7.43. The molecule has 0 aromatic rings. The average molecular weight is 296 g/mol. The molecule has 0 bridgehead atoms. The molecule has 0 radical (unpaired) electrons. The molecule has 3 atom stereocenters. The van der Waals surface area contributed by atoms with E-state index in [1.807, 2.05) is 0 Å². The zero-order valence-corrected chi connectivity index (χ0v) is 14.8. The lowest BCUT2D eigenvalue weighted by molar-refractivity contribution is -0.0291. The largest absolute Gasteiger partial charge is 0.377 e. The minimum atomic E-state index is 0.328. The average Bonchev–Trinajstić information content (AvgIpc) is 2.40. The molecule has 21 heavy (non-hydrogen) atoms. The van der Waals surface area contributed by atoms with Gasteiger partial charge in [-0.15, -0.1) is 0 Å². The van der Waals surface area contributed by atoms with Crippen LogP contribution >= 0.6 is 0 Å². The SMILES string of the molecule is CC(C)CC1CNC(C(C)(C)C)CN1CC1CCCCO1. The van der Waals surface area contributed by atoms with E-state index in [1.165, 1.54) is 32.2 Å². The van der Waals surface area contributed by atoms with Crippen molar-refractivity contribution in [1.29, 1.82) is 0 Å². The first-order chi connectivity index (χ1) is 9.86. The second-order valence-corrected chi connectivity index (χ2v) is 8.55. The summed E-state index contributed by atoms with van der Waals surface area (Å²) in [4.78, 5) is 2.72. The van der Waals surface area contributed by atoms with Crippen LogP contribution in [0.2, 0.25) is 0 Å². The zero-order valence-electron chi connectivity index (χ0n) is 14.8. The third-order valence-electron chi connectivity index (χ3n) is 5.03. The number of piperazine rings is 1. The van der Waals surface area contributed by atoms with Gasteiger partial charge < -0.3 is 10.1 Å². The Hall–Kier alpha value is -0.120. The van der Waals surface area contributed by atoms with Gasteiger partial charge in [-0.2, -0.15) is 0 Å². The highest BCUT2D eigenvalue weighted by atomic mass is 16.5. The first-order valence-electron chi connectivity index (χ1n) is 8.95. The van der Waals surface area contributed by atoms with Crippen LogP contribution in [0.3, 0.4) is 0 Å². The van der Waals surface area contributed by atoms with Gasteiger partial charge in [-0.3, -0.25) is 4.90 Å². The third kappa shape index (κ3) is 5.22. The predicted molar refractivity (Wildman–Crippen MR) is 89.7 cm³/mol. The molecule has 0 aromatic heterocycles. The highest BCUT2D eigenvalue weighted by Gasteiger charge is 2.35. The maximum absolute atomic E-state index is 5.99. The van der Waals surface area contributed by atoms with Crippen LogP contribution in [-0.4, -0.2) is 49.3 Å². The van der Waals surface area contributed by atoms with Crippen LogP contribution in [0, 0.1) is 11.3 Å². The second-order valence-electron chi connectivity index (χ2n) is 8.55. The summed E-state index contributed by atoms with van der Waals surface area (Å²) in [7, 11) is 0. The fraction of sp³-hybridized carbons (Fsp3) is 1.00. The van der Waals surface area contributed by atoms with Gasteiger partial charge in [0.05, 0.1) is 6.10 Å². The molecule has 0 aromatic carbocycles. The molecule has 0 spiro atoms. The van der Waals surface area contributed by atoms with E-state index in [4.69, 9.17) is 4.74 Å². The molecule has 2 aliphatic rings. The topological polar surface area (TPSA) is 24.5 Å². The summed E-state index contributed by atoms with van der Waals surface area (Å²) in [5.41, 5.74) is 0.328. The summed E-state index contributed by atoms with van der Waals surface area (Å²) in [5.74, 6) is 0.762. The number of hydrogen-bond acceptors (Lipinski definition) is 3. The van der Waals surface area contributed by atoms with Crippen LogP contribution < -0.4 is 5.32 Å². The summed E-state index contributed by atoms with van der Waals surface area (Å²) in [6.45, 7) is 16.1. The van der Waals surface area contributed by atoms with Crippen LogP contribution in [0.5, 0.6) is 0 Å². The highest BCUT2D eigenvalue weighted by molar-refractivity contribution is 4.93. The smallest absolute Gasteiger partial charge is 0.0702 e. The van der Waals surface area contributed by atoms with Gasteiger partial charge in [0, 0.05) is 38.3 Å². The molecule has 1 N–H and O–H groups in total. The Labute approximate surface area is 131 Å². The lowest BCUT2D eigenvalue weighted by atomic mass is 9.84. The predicted octanol–water partition coefficient (Wildman–Crippen LogP) is 3.29. The Kier molecular flexibility index (Phi) is 6.10. The van der Waals surface area contributed by atoms with Crippen LogP contribution in [0.4, 0.5) is 0 Å². The standard InChI is InChI=1S/C18H36N2O/c1-14(2)10-15-11-19-17(18(3,4)5)13-20(15)12-16-8-6-7-9-21-16/h14-17,19H,6-13H2,1-5H3. The monoisotopic (exact) mass is 296 g/mol. The molecule has 2 saturated heterocycles. The van der Waals surface area contributed by atoms with Crippen LogP contribution in [-0.2, 0) is 4.74 Å². The van der Waals surface area contributed by atoms with E-state index in [9.17, 15) is 0 Å². The molecule has 2 fully saturated rings. The van der Waals surface area contributed by atoms with E-state index < -0.39 is 0 Å². The Balaban J connectivity index is 1.97. The first-order valence-corrected chi connectivity index (χ1v) is 8.95. The Morgan fingerprint density at radius 3 is 2.57 bits per heavy atom. The molecule has 3 unspecified atom stereocenters. The Morgan fingerprint density at radius 1 is 1.24 bits per heavy atom. The van der Waals surface area contributed by atoms with Crippen molar-refractivity contribution in [2.75, 3.05) is 26.2 Å². The molecule has 3 heteroatoms. The fourth-order valence-corrected chi connectivity index (χ4v) is 3.65. The first kappa shape index (κ1) is 17.2. The number of nitrogens with one attached hydrogen (secondary N) is 1. The van der Waals surface area contributed by atoms with Crippen molar-refractivity contribution in [3.05, 3.63) is 0 Å². The molecule has 2 aliphatic heterocycles. The van der Waals surface area contributed by atoms with E-state index in [1.54, 1.807) is 0 Å². The van der Waals surface area contributed by atoms with Gasteiger partial charge in [-0.25, -0.2) is 0 Å². The van der Waals surface area contributed by atoms with E-state index in [0.29, 0.717) is 23.6 Å². The van der Waals surface area contributed by atoms with Crippen molar-refractivity contribution in [2.45, 2.75) is 78.5 Å². The van der Waals surface area contributed by atoms with Gasteiger partial charge in [-0.05, 0) is 37.0 Å². The summed E-state index contributed by atoms with van der Waals surface area (Å²) in [6.07, 6.45) is 5.59. The van der Waals surface area contributed by atoms with Crippen LogP contribution in [0.25, 0.3) is 0 Å². The fourth-order valence-electron chi connectivity index (χ4n) is 3.65. The Bertz CT molecular complexity index is 305. The molecule has 0 amide bonds. The summed E-state index contributed by atoms with van der Waals surface area (Å²) in [6, 6.07) is 1.26. The molecule has 0 saturated carbocycles. The van der Waals surface area contributed by atoms with Gasteiger partial charge >= 0.3 is 0 Å².